The molecule has 0 aliphatic heterocycles. The smallest absolute Gasteiger partial charge is 0.258 e. The number of H-pyrrole nitrogens is 1. The maximum Gasteiger partial charge on any atom is 0.258 e. The van der Waals surface area contributed by atoms with Gasteiger partial charge in [-0.25, -0.2) is 4.98 Å². The predicted octanol–water partition coefficient (Wildman–Crippen LogP) is 1.52. The van der Waals surface area contributed by atoms with Gasteiger partial charge in [-0.2, -0.15) is 0 Å². The van der Waals surface area contributed by atoms with Crippen molar-refractivity contribution in [3.8, 4) is 11.5 Å². The molecule has 0 unspecified atom stereocenters. The molecule has 1 aromatic heterocycles. The van der Waals surface area contributed by atoms with E-state index in [4.69, 9.17) is 19.9 Å². The van der Waals surface area contributed by atoms with Gasteiger partial charge in [0.15, 0.2) is 16.7 Å². The number of ether oxygens (including phenoxy) is 3. The lowest BCUT2D eigenvalue weighted by Gasteiger charge is -2.09. The minimum atomic E-state index is -0.246. The van der Waals surface area contributed by atoms with Gasteiger partial charge in [0.25, 0.3) is 5.56 Å². The summed E-state index contributed by atoms with van der Waals surface area (Å²) in [5.41, 5.74) is 6.17. The number of rotatable bonds is 7. The zero-order valence-corrected chi connectivity index (χ0v) is 15.5. The zero-order valence-electron chi connectivity index (χ0n) is 14.7. The molecule has 2 rings (SSSR count). The van der Waals surface area contributed by atoms with Crippen molar-refractivity contribution in [3.05, 3.63) is 28.3 Å². The van der Waals surface area contributed by atoms with Crippen LogP contribution in [-0.2, 0) is 10.5 Å². The van der Waals surface area contributed by atoms with E-state index in [-0.39, 0.29) is 11.6 Å². The number of nitrogens with zero attached hydrogens (tertiary/aromatic N) is 2. The topological polar surface area (TPSA) is 112 Å². The van der Waals surface area contributed by atoms with E-state index in [1.165, 1.54) is 26.0 Å². The number of nitrogens with two attached hydrogens (primary N) is 1. The van der Waals surface area contributed by atoms with Crippen LogP contribution in [0, 0.1) is 0 Å². The third kappa shape index (κ3) is 4.86. The van der Waals surface area contributed by atoms with Gasteiger partial charge in [-0.3, -0.25) is 9.79 Å². The van der Waals surface area contributed by atoms with Crippen molar-refractivity contribution in [3.63, 3.8) is 0 Å². The van der Waals surface area contributed by atoms with Crippen molar-refractivity contribution >= 4 is 27.8 Å². The van der Waals surface area contributed by atoms with Crippen LogP contribution in [-0.4, -0.2) is 49.1 Å². The largest absolute Gasteiger partial charge is 0.493 e. The van der Waals surface area contributed by atoms with Crippen molar-refractivity contribution in [2.24, 2.45) is 10.7 Å². The summed E-state index contributed by atoms with van der Waals surface area (Å²) in [6.45, 7) is 2.40. The SMILES string of the molecule is COC[C@@H](C)N=C(N)SCc1nc2cc(OC)c(OC)cc2c(=O)[nH]1. The first-order valence-electron chi connectivity index (χ1n) is 7.58. The molecule has 9 heteroatoms. The lowest BCUT2D eigenvalue weighted by molar-refractivity contribution is 0.186. The minimum Gasteiger partial charge on any atom is -0.493 e. The third-order valence-corrected chi connectivity index (χ3v) is 4.19. The molecule has 0 bridgehead atoms. The average molecular weight is 366 g/mol. The van der Waals surface area contributed by atoms with Crippen LogP contribution in [0.5, 0.6) is 11.5 Å². The highest BCUT2D eigenvalue weighted by molar-refractivity contribution is 8.13. The van der Waals surface area contributed by atoms with Crippen LogP contribution in [0.2, 0.25) is 0 Å². The van der Waals surface area contributed by atoms with E-state index in [0.29, 0.717) is 45.8 Å². The first kappa shape index (κ1) is 19.1. The Morgan fingerprint density at radius 1 is 1.32 bits per heavy atom. The number of hydrogen-bond donors (Lipinski definition) is 2. The van der Waals surface area contributed by atoms with Crippen molar-refractivity contribution in [2.45, 2.75) is 18.7 Å². The van der Waals surface area contributed by atoms with Crippen LogP contribution in [0.4, 0.5) is 0 Å². The summed E-state index contributed by atoms with van der Waals surface area (Å²) in [5, 5.41) is 0.848. The number of fused-ring (bicyclic) bond motifs is 1. The second-order valence-corrected chi connectivity index (χ2v) is 6.29. The lowest BCUT2D eigenvalue weighted by atomic mass is 10.2. The fourth-order valence-corrected chi connectivity index (χ4v) is 2.93. The quantitative estimate of drug-likeness (QED) is 0.564. The number of thioether (sulfide) groups is 1. The number of aliphatic imine (C=N–C) groups is 1. The second kappa shape index (κ2) is 8.72. The molecule has 8 nitrogen and oxygen atoms in total. The van der Waals surface area contributed by atoms with Crippen LogP contribution in [0.25, 0.3) is 10.9 Å². The van der Waals surface area contributed by atoms with Gasteiger partial charge in [-0.1, -0.05) is 11.8 Å². The zero-order chi connectivity index (χ0) is 18.4. The molecule has 0 fully saturated rings. The Kier molecular flexibility index (Phi) is 6.65. The van der Waals surface area contributed by atoms with E-state index >= 15 is 0 Å². The summed E-state index contributed by atoms with van der Waals surface area (Å²) in [6.07, 6.45) is 0. The molecule has 136 valence electrons. The van der Waals surface area contributed by atoms with Crippen molar-refractivity contribution in [1.29, 1.82) is 0 Å². The van der Waals surface area contributed by atoms with E-state index in [9.17, 15) is 4.79 Å². The summed E-state index contributed by atoms with van der Waals surface area (Å²) in [5.74, 6) is 1.90. The van der Waals surface area contributed by atoms with Gasteiger partial charge in [0.1, 0.15) is 5.82 Å². The molecule has 0 aliphatic rings. The van der Waals surface area contributed by atoms with Gasteiger partial charge in [0, 0.05) is 13.2 Å². The highest BCUT2D eigenvalue weighted by Gasteiger charge is 2.11. The molecule has 0 saturated heterocycles. The van der Waals surface area contributed by atoms with Gasteiger partial charge < -0.3 is 24.9 Å². The highest BCUT2D eigenvalue weighted by atomic mass is 32.2. The molecule has 0 spiro atoms. The number of hydrogen-bond acceptors (Lipinski definition) is 7. The molecule has 25 heavy (non-hydrogen) atoms. The summed E-state index contributed by atoms with van der Waals surface area (Å²) in [6, 6.07) is 3.26. The molecule has 2 aromatic rings. The van der Waals surface area contributed by atoms with E-state index in [1.807, 2.05) is 6.92 Å². The summed E-state index contributed by atoms with van der Waals surface area (Å²) >= 11 is 1.30. The number of aromatic amines is 1. The van der Waals surface area contributed by atoms with Crippen LogP contribution >= 0.6 is 11.8 Å². The van der Waals surface area contributed by atoms with E-state index in [0.717, 1.165) is 0 Å². The van der Waals surface area contributed by atoms with E-state index in [1.54, 1.807) is 19.2 Å². The molecule has 0 amide bonds. The molecule has 1 heterocycles. The van der Waals surface area contributed by atoms with Crippen LogP contribution in [0.1, 0.15) is 12.7 Å². The number of nitrogens with one attached hydrogen (secondary N) is 1. The number of methoxy groups -OCH3 is 3. The van der Waals surface area contributed by atoms with Crippen molar-refractivity contribution < 1.29 is 14.2 Å². The molecule has 1 aromatic carbocycles. The van der Waals surface area contributed by atoms with Gasteiger partial charge in [-0.05, 0) is 13.0 Å². The molecule has 0 radical (unpaired) electrons. The Morgan fingerprint density at radius 3 is 2.64 bits per heavy atom. The second-order valence-electron chi connectivity index (χ2n) is 5.30. The maximum absolute atomic E-state index is 12.3. The van der Waals surface area contributed by atoms with Crippen LogP contribution in [0.3, 0.4) is 0 Å². The molecular weight excluding hydrogens is 344 g/mol. The first-order valence-corrected chi connectivity index (χ1v) is 8.57. The van der Waals surface area contributed by atoms with Crippen molar-refractivity contribution in [1.82, 2.24) is 9.97 Å². The lowest BCUT2D eigenvalue weighted by Crippen LogP contribution is -2.16. The number of benzene rings is 1. The van der Waals surface area contributed by atoms with Gasteiger partial charge in [0.05, 0.1) is 43.5 Å². The Hall–Kier alpha value is -2.26. The number of aromatic nitrogens is 2. The monoisotopic (exact) mass is 366 g/mol. The van der Waals surface area contributed by atoms with E-state index in [2.05, 4.69) is 15.0 Å². The van der Waals surface area contributed by atoms with Crippen LogP contribution in [0.15, 0.2) is 21.9 Å². The van der Waals surface area contributed by atoms with E-state index < -0.39 is 0 Å². The Labute approximate surface area is 149 Å². The summed E-state index contributed by atoms with van der Waals surface area (Å²) in [7, 11) is 4.66. The molecule has 0 saturated carbocycles. The molecular formula is C16H22N4O4S. The van der Waals surface area contributed by atoms with Gasteiger partial charge in [-0.15, -0.1) is 0 Å². The standard InChI is InChI=1S/C16H22N4O4S/c1-9(7-22-2)18-16(17)25-8-14-19-11-6-13(24-4)12(23-3)5-10(11)15(21)20-14/h5-6,9H,7-8H2,1-4H3,(H2,17,18)(H,19,20,21)/t9-/m1/s1. The maximum atomic E-state index is 12.3. The Balaban J connectivity index is 2.24. The fourth-order valence-electron chi connectivity index (χ4n) is 2.26. The Morgan fingerprint density at radius 2 is 2.00 bits per heavy atom. The minimum absolute atomic E-state index is 0.0298. The summed E-state index contributed by atoms with van der Waals surface area (Å²) in [4.78, 5) is 23.8. The number of amidine groups is 1. The van der Waals surface area contributed by atoms with Gasteiger partial charge >= 0.3 is 0 Å². The molecule has 3 N–H and O–H groups in total. The molecule has 0 aliphatic carbocycles. The first-order chi connectivity index (χ1) is 12.0. The predicted molar refractivity (Wildman–Crippen MR) is 99.7 cm³/mol. The average Bonchev–Trinajstić information content (AvgIpc) is 2.59. The fraction of sp³-hybridized carbons (Fsp3) is 0.438. The van der Waals surface area contributed by atoms with Crippen molar-refractivity contribution in [2.75, 3.05) is 27.9 Å². The normalized spacial score (nSPS) is 13.0. The van der Waals surface area contributed by atoms with Gasteiger partial charge in [0.2, 0.25) is 0 Å². The third-order valence-electron chi connectivity index (χ3n) is 3.37. The van der Waals surface area contributed by atoms with Crippen LogP contribution < -0.4 is 20.8 Å². The Bertz CT molecular complexity index is 822. The summed E-state index contributed by atoms with van der Waals surface area (Å²) < 4.78 is 15.5. The molecule has 1 atom stereocenters. The highest BCUT2D eigenvalue weighted by Crippen LogP contribution is 2.30.